The maximum atomic E-state index is 11.0. The van der Waals surface area contributed by atoms with Gasteiger partial charge >= 0.3 is 0 Å². The van der Waals surface area contributed by atoms with Crippen LogP contribution in [0, 0.1) is 0 Å². The lowest BCUT2D eigenvalue weighted by molar-refractivity contribution is 0.129. The van der Waals surface area contributed by atoms with Gasteiger partial charge in [0.1, 0.15) is 8.07 Å². The molecule has 21 heavy (non-hydrogen) atoms. The minimum Gasteiger partial charge on any atom is -0.390 e. The maximum Gasteiger partial charge on any atom is 0.127 e. The van der Waals surface area contributed by atoms with Crippen molar-refractivity contribution in [3.05, 3.63) is 48.0 Å². The Morgan fingerprint density at radius 1 is 1.14 bits per heavy atom. The van der Waals surface area contributed by atoms with Gasteiger partial charge in [-0.25, -0.2) is 0 Å². The molecule has 1 aromatic carbocycles. The summed E-state index contributed by atoms with van der Waals surface area (Å²) in [6.45, 7) is 13.4. The van der Waals surface area contributed by atoms with E-state index in [0.29, 0.717) is 12.8 Å². The minimum absolute atomic E-state index is 0.0483. The van der Waals surface area contributed by atoms with Gasteiger partial charge in [-0.05, 0) is 24.4 Å². The van der Waals surface area contributed by atoms with Crippen molar-refractivity contribution in [2.45, 2.75) is 58.0 Å². The second-order valence-corrected chi connectivity index (χ2v) is 12.7. The predicted octanol–water partition coefficient (Wildman–Crippen LogP) is 4.49. The Morgan fingerprint density at radius 2 is 1.71 bits per heavy atom. The van der Waals surface area contributed by atoms with E-state index in [9.17, 15) is 5.11 Å². The molecular formula is C18H30O2Si. The third-order valence-electron chi connectivity index (χ3n) is 4.77. The predicted molar refractivity (Wildman–Crippen MR) is 92.9 cm³/mol. The summed E-state index contributed by atoms with van der Waals surface area (Å²) >= 11 is 0. The average Bonchev–Trinajstić information content (AvgIpc) is 2.38. The topological polar surface area (TPSA) is 29.5 Å². The van der Waals surface area contributed by atoms with Crippen molar-refractivity contribution in [2.75, 3.05) is 6.23 Å². The molecule has 0 radical (unpaired) electrons. The van der Waals surface area contributed by atoms with Gasteiger partial charge in [0.25, 0.3) is 0 Å². The SMILES string of the molecule is C/C=C\[C@@](C)(O)[Si@](C)(COCc1ccccc1)C(C)(C)C. The van der Waals surface area contributed by atoms with Crippen molar-refractivity contribution in [3.8, 4) is 0 Å². The first-order valence-corrected chi connectivity index (χ1v) is 10.3. The zero-order valence-corrected chi connectivity index (χ0v) is 15.3. The molecule has 1 rings (SSSR count). The zero-order chi connectivity index (χ0) is 16.1. The molecule has 0 saturated carbocycles. The van der Waals surface area contributed by atoms with Crippen molar-refractivity contribution in [1.82, 2.24) is 0 Å². The summed E-state index contributed by atoms with van der Waals surface area (Å²) in [5, 5.41) is 10.2. The molecule has 0 bridgehead atoms. The van der Waals surface area contributed by atoms with Crippen LogP contribution in [0.2, 0.25) is 11.6 Å². The molecule has 118 valence electrons. The number of hydrogen-bond acceptors (Lipinski definition) is 2. The van der Waals surface area contributed by atoms with Crippen LogP contribution in [0.15, 0.2) is 42.5 Å². The number of ether oxygens (including phenoxy) is 1. The molecular weight excluding hydrogens is 276 g/mol. The average molecular weight is 307 g/mol. The summed E-state index contributed by atoms with van der Waals surface area (Å²) in [7, 11) is -2.11. The first kappa shape index (κ1) is 18.1. The lowest BCUT2D eigenvalue weighted by Gasteiger charge is -2.48. The highest BCUT2D eigenvalue weighted by Gasteiger charge is 2.52. The third kappa shape index (κ3) is 4.28. The molecule has 0 saturated heterocycles. The Morgan fingerprint density at radius 3 is 2.19 bits per heavy atom. The molecule has 0 spiro atoms. The molecule has 1 N–H and O–H groups in total. The molecule has 0 aromatic heterocycles. The van der Waals surface area contributed by atoms with Crippen molar-refractivity contribution >= 4 is 8.07 Å². The van der Waals surface area contributed by atoms with E-state index in [1.807, 2.05) is 44.2 Å². The Kier molecular flexibility index (Phi) is 5.97. The third-order valence-corrected chi connectivity index (χ3v) is 11.3. The fourth-order valence-corrected chi connectivity index (χ4v) is 5.87. The van der Waals surface area contributed by atoms with E-state index >= 15 is 0 Å². The molecule has 1 aromatic rings. The fourth-order valence-electron chi connectivity index (χ4n) is 2.58. The van der Waals surface area contributed by atoms with Crippen LogP contribution in [0.5, 0.6) is 0 Å². The molecule has 0 aliphatic rings. The van der Waals surface area contributed by atoms with Crippen molar-refractivity contribution in [3.63, 3.8) is 0 Å². The van der Waals surface area contributed by atoms with Gasteiger partial charge in [0.15, 0.2) is 0 Å². The van der Waals surface area contributed by atoms with E-state index in [1.54, 1.807) is 0 Å². The largest absolute Gasteiger partial charge is 0.390 e. The summed E-state index contributed by atoms with van der Waals surface area (Å²) in [6, 6.07) is 10.2. The van der Waals surface area contributed by atoms with Crippen molar-refractivity contribution in [2.24, 2.45) is 0 Å². The number of hydrogen-bond donors (Lipinski definition) is 1. The molecule has 2 atom stereocenters. The van der Waals surface area contributed by atoms with Crippen molar-refractivity contribution < 1.29 is 9.84 Å². The Hall–Kier alpha value is -0.903. The molecule has 0 aliphatic heterocycles. The summed E-state index contributed by atoms with van der Waals surface area (Å²) < 4.78 is 6.01. The number of rotatable bonds is 6. The summed E-state index contributed by atoms with van der Waals surface area (Å²) in [4.78, 5) is 0. The van der Waals surface area contributed by atoms with Gasteiger partial charge < -0.3 is 9.84 Å². The molecule has 2 nitrogen and oxygen atoms in total. The van der Waals surface area contributed by atoms with E-state index in [2.05, 4.69) is 39.5 Å². The van der Waals surface area contributed by atoms with Gasteiger partial charge in [0.2, 0.25) is 0 Å². The standard InChI is InChI=1S/C18H30O2Si/c1-7-13-18(5,19)21(6,17(2,3)4)15-20-14-16-11-9-8-10-12-16/h7-13,19H,14-15H2,1-6H3/b13-7-/t18-,21+/m0/s1. The molecule has 3 heteroatoms. The van der Waals surface area contributed by atoms with Crippen LogP contribution in [0.25, 0.3) is 0 Å². The minimum atomic E-state index is -2.11. The number of allylic oxidation sites excluding steroid dienone is 1. The monoisotopic (exact) mass is 306 g/mol. The van der Waals surface area contributed by atoms with Gasteiger partial charge in [-0.3, -0.25) is 0 Å². The molecule has 0 unspecified atom stereocenters. The summed E-state index contributed by atoms with van der Waals surface area (Å²) in [6.07, 6.45) is 4.51. The maximum absolute atomic E-state index is 11.0. The summed E-state index contributed by atoms with van der Waals surface area (Å²) in [5.41, 5.74) is 1.17. The molecule has 0 heterocycles. The lowest BCUT2D eigenvalue weighted by atomic mass is 10.2. The van der Waals surface area contributed by atoms with E-state index in [-0.39, 0.29) is 5.04 Å². The summed E-state index contributed by atoms with van der Waals surface area (Å²) in [5.74, 6) is 0. The highest BCUT2D eigenvalue weighted by molar-refractivity contribution is 6.84. The Balaban J connectivity index is 2.85. The van der Waals surface area contributed by atoms with Crippen LogP contribution in [0.4, 0.5) is 0 Å². The van der Waals surface area contributed by atoms with Crippen molar-refractivity contribution in [1.29, 1.82) is 0 Å². The highest BCUT2D eigenvalue weighted by Crippen LogP contribution is 2.43. The van der Waals surface area contributed by atoms with Gasteiger partial charge in [-0.2, -0.15) is 0 Å². The smallest absolute Gasteiger partial charge is 0.127 e. The number of benzene rings is 1. The van der Waals surface area contributed by atoms with Crippen LogP contribution in [-0.2, 0) is 11.3 Å². The molecule has 0 aliphatic carbocycles. The quantitative estimate of drug-likeness (QED) is 0.620. The highest BCUT2D eigenvalue weighted by atomic mass is 28.3. The van der Waals surface area contributed by atoms with E-state index in [0.717, 1.165) is 0 Å². The normalized spacial score (nSPS) is 18.4. The lowest BCUT2D eigenvalue weighted by Crippen LogP contribution is -2.62. The van der Waals surface area contributed by atoms with Gasteiger partial charge in [-0.15, -0.1) is 0 Å². The Labute approximate surface area is 130 Å². The second kappa shape index (κ2) is 6.90. The van der Waals surface area contributed by atoms with E-state index in [1.165, 1.54) is 5.56 Å². The van der Waals surface area contributed by atoms with E-state index < -0.39 is 13.3 Å². The van der Waals surface area contributed by atoms with Gasteiger partial charge in [0.05, 0.1) is 11.8 Å². The molecule has 0 amide bonds. The fraction of sp³-hybridized carbons (Fsp3) is 0.556. The molecule has 0 fully saturated rings. The number of aliphatic hydroxyl groups is 1. The Bertz CT molecular complexity index is 460. The first-order valence-electron chi connectivity index (χ1n) is 7.62. The second-order valence-electron chi connectivity index (χ2n) is 7.21. The van der Waals surface area contributed by atoms with Gasteiger partial charge in [-0.1, -0.05) is 69.8 Å². The van der Waals surface area contributed by atoms with Crippen LogP contribution in [0.3, 0.4) is 0 Å². The van der Waals surface area contributed by atoms with Crippen LogP contribution in [-0.4, -0.2) is 24.6 Å². The van der Waals surface area contributed by atoms with Crippen LogP contribution in [0.1, 0.15) is 40.2 Å². The first-order chi connectivity index (χ1) is 9.64. The zero-order valence-electron chi connectivity index (χ0n) is 14.3. The van der Waals surface area contributed by atoms with Crippen LogP contribution < -0.4 is 0 Å². The van der Waals surface area contributed by atoms with Crippen LogP contribution >= 0.6 is 0 Å². The van der Waals surface area contributed by atoms with E-state index in [4.69, 9.17) is 4.74 Å². The van der Waals surface area contributed by atoms with Gasteiger partial charge in [0, 0.05) is 6.23 Å².